The normalized spacial score (nSPS) is 10.4. The minimum atomic E-state index is -0.871. The first-order valence-electron chi connectivity index (χ1n) is 6.51. The van der Waals surface area contributed by atoms with Crippen LogP contribution in [0.2, 0.25) is 0 Å². The summed E-state index contributed by atoms with van der Waals surface area (Å²) in [6.07, 6.45) is 0.719. The maximum atomic E-state index is 11.1. The minimum absolute atomic E-state index is 0.0482. The van der Waals surface area contributed by atoms with E-state index >= 15 is 0 Å². The molecule has 0 unspecified atom stereocenters. The number of benzene rings is 1. The third kappa shape index (κ3) is 3.33. The lowest BCUT2D eigenvalue weighted by Crippen LogP contribution is -2.00. The van der Waals surface area contributed by atoms with Crippen LogP contribution in [-0.2, 0) is 17.6 Å². The number of carboxylic acid groups (broad SMARTS) is 1. The number of rotatable bonds is 6. The summed E-state index contributed by atoms with van der Waals surface area (Å²) in [4.78, 5) is 16.3. The zero-order valence-corrected chi connectivity index (χ0v) is 13.0. The predicted molar refractivity (Wildman–Crippen MR) is 81.4 cm³/mol. The lowest BCUT2D eigenvalue weighted by molar-refractivity contribution is -0.136. The Labute approximate surface area is 127 Å². The summed E-state index contributed by atoms with van der Waals surface area (Å²) < 4.78 is 10.6. The van der Waals surface area contributed by atoms with E-state index in [1.807, 2.05) is 13.0 Å². The van der Waals surface area contributed by atoms with Crippen molar-refractivity contribution in [1.29, 1.82) is 0 Å². The Balaban J connectivity index is 2.58. The molecule has 0 atom stereocenters. The van der Waals surface area contributed by atoms with Crippen LogP contribution in [-0.4, -0.2) is 30.3 Å². The number of thiazole rings is 1. The number of methoxy groups -OCH3 is 2. The molecule has 0 radical (unpaired) electrons. The smallest absolute Gasteiger partial charge is 0.308 e. The summed E-state index contributed by atoms with van der Waals surface area (Å²) in [6.45, 7) is 2.00. The SMILES string of the molecule is CCc1nc(-c2cc(OC)ccc2OC)c(CC(=O)O)s1. The van der Waals surface area contributed by atoms with E-state index in [2.05, 4.69) is 4.98 Å². The molecule has 0 aliphatic heterocycles. The van der Waals surface area contributed by atoms with Crippen LogP contribution in [0.25, 0.3) is 11.3 Å². The van der Waals surface area contributed by atoms with Crippen molar-refractivity contribution in [3.8, 4) is 22.8 Å². The summed E-state index contributed by atoms with van der Waals surface area (Å²) >= 11 is 1.43. The molecular weight excluding hydrogens is 290 g/mol. The Morgan fingerprint density at radius 2 is 2.10 bits per heavy atom. The molecule has 1 heterocycles. The molecule has 1 N–H and O–H groups in total. The largest absolute Gasteiger partial charge is 0.497 e. The summed E-state index contributed by atoms with van der Waals surface area (Å²) in [5.41, 5.74) is 1.42. The van der Waals surface area contributed by atoms with E-state index in [1.54, 1.807) is 26.4 Å². The lowest BCUT2D eigenvalue weighted by Gasteiger charge is -2.10. The Morgan fingerprint density at radius 1 is 1.33 bits per heavy atom. The number of nitrogens with zero attached hydrogens (tertiary/aromatic N) is 1. The number of aromatic nitrogens is 1. The van der Waals surface area contributed by atoms with Gasteiger partial charge in [0, 0.05) is 10.4 Å². The fourth-order valence-corrected chi connectivity index (χ4v) is 3.03. The van der Waals surface area contributed by atoms with E-state index < -0.39 is 5.97 Å². The van der Waals surface area contributed by atoms with Crippen molar-refractivity contribution in [2.24, 2.45) is 0 Å². The maximum Gasteiger partial charge on any atom is 0.308 e. The van der Waals surface area contributed by atoms with Gasteiger partial charge < -0.3 is 14.6 Å². The Kier molecular flexibility index (Phi) is 4.80. The van der Waals surface area contributed by atoms with Gasteiger partial charge in [-0.05, 0) is 24.6 Å². The van der Waals surface area contributed by atoms with Gasteiger partial charge in [-0.3, -0.25) is 4.79 Å². The summed E-state index contributed by atoms with van der Waals surface area (Å²) in [5.74, 6) is 0.456. The van der Waals surface area contributed by atoms with Crippen LogP contribution in [0.1, 0.15) is 16.8 Å². The molecule has 112 valence electrons. The van der Waals surface area contributed by atoms with Gasteiger partial charge in [-0.15, -0.1) is 11.3 Å². The van der Waals surface area contributed by atoms with Crippen LogP contribution in [0, 0.1) is 0 Å². The number of hydrogen-bond donors (Lipinski definition) is 1. The number of aliphatic carboxylic acids is 1. The highest BCUT2D eigenvalue weighted by Crippen LogP contribution is 2.37. The number of hydrogen-bond acceptors (Lipinski definition) is 5. The molecule has 0 fully saturated rings. The highest BCUT2D eigenvalue weighted by molar-refractivity contribution is 7.12. The number of carboxylic acids is 1. The quantitative estimate of drug-likeness (QED) is 0.888. The Morgan fingerprint density at radius 3 is 2.67 bits per heavy atom. The minimum Gasteiger partial charge on any atom is -0.497 e. The van der Waals surface area contributed by atoms with Gasteiger partial charge in [-0.1, -0.05) is 6.92 Å². The molecule has 1 aromatic carbocycles. The summed E-state index contributed by atoms with van der Waals surface area (Å²) in [6, 6.07) is 5.41. The third-order valence-electron chi connectivity index (χ3n) is 3.02. The zero-order valence-electron chi connectivity index (χ0n) is 12.2. The molecule has 6 heteroatoms. The van der Waals surface area contributed by atoms with Gasteiger partial charge >= 0.3 is 5.97 Å². The Hall–Kier alpha value is -2.08. The van der Waals surface area contributed by atoms with Gasteiger partial charge in [0.15, 0.2) is 0 Å². The van der Waals surface area contributed by atoms with Crippen molar-refractivity contribution in [2.45, 2.75) is 19.8 Å². The first kappa shape index (κ1) is 15.3. The second-order valence-corrected chi connectivity index (χ2v) is 5.54. The van der Waals surface area contributed by atoms with Gasteiger partial charge in [0.1, 0.15) is 11.5 Å². The molecule has 0 saturated carbocycles. The number of ether oxygens (including phenoxy) is 2. The summed E-state index contributed by atoms with van der Waals surface area (Å²) in [5, 5.41) is 9.98. The van der Waals surface area contributed by atoms with E-state index in [4.69, 9.17) is 14.6 Å². The van der Waals surface area contributed by atoms with Crippen LogP contribution in [0.4, 0.5) is 0 Å². The van der Waals surface area contributed by atoms with E-state index in [9.17, 15) is 4.79 Å². The van der Waals surface area contributed by atoms with Gasteiger partial charge in [0.25, 0.3) is 0 Å². The van der Waals surface area contributed by atoms with E-state index in [1.165, 1.54) is 11.3 Å². The molecule has 1 aromatic heterocycles. The molecule has 0 bridgehead atoms. The third-order valence-corrected chi connectivity index (χ3v) is 4.22. The van der Waals surface area contributed by atoms with E-state index in [0.717, 1.165) is 21.9 Å². The van der Waals surface area contributed by atoms with Crippen molar-refractivity contribution in [2.75, 3.05) is 14.2 Å². The Bertz CT molecular complexity index is 651. The molecule has 0 amide bonds. The first-order valence-corrected chi connectivity index (χ1v) is 7.33. The molecule has 0 spiro atoms. The number of carbonyl (C=O) groups is 1. The first-order chi connectivity index (χ1) is 10.1. The molecular formula is C15H17NO4S. The lowest BCUT2D eigenvalue weighted by atomic mass is 10.1. The predicted octanol–water partition coefficient (Wildman–Crippen LogP) is 3.02. The van der Waals surface area contributed by atoms with Crippen LogP contribution in [0.15, 0.2) is 18.2 Å². The zero-order chi connectivity index (χ0) is 15.4. The molecule has 2 rings (SSSR count). The molecule has 0 saturated heterocycles. The maximum absolute atomic E-state index is 11.1. The van der Waals surface area contributed by atoms with E-state index in [0.29, 0.717) is 17.2 Å². The highest BCUT2D eigenvalue weighted by atomic mass is 32.1. The van der Waals surface area contributed by atoms with Gasteiger partial charge in [-0.25, -0.2) is 4.98 Å². The monoisotopic (exact) mass is 307 g/mol. The van der Waals surface area contributed by atoms with Gasteiger partial charge in [-0.2, -0.15) is 0 Å². The second-order valence-electron chi connectivity index (χ2n) is 4.37. The molecule has 0 aliphatic rings. The van der Waals surface area contributed by atoms with Crippen LogP contribution >= 0.6 is 11.3 Å². The number of aryl methyl sites for hydroxylation is 1. The fraction of sp³-hybridized carbons (Fsp3) is 0.333. The second kappa shape index (κ2) is 6.58. The fourth-order valence-electron chi connectivity index (χ4n) is 2.02. The van der Waals surface area contributed by atoms with Crippen molar-refractivity contribution < 1.29 is 19.4 Å². The van der Waals surface area contributed by atoms with Crippen molar-refractivity contribution in [3.05, 3.63) is 28.1 Å². The van der Waals surface area contributed by atoms with Crippen molar-refractivity contribution in [1.82, 2.24) is 4.98 Å². The average Bonchev–Trinajstić information content (AvgIpc) is 2.88. The van der Waals surface area contributed by atoms with Crippen LogP contribution in [0.5, 0.6) is 11.5 Å². The van der Waals surface area contributed by atoms with Crippen molar-refractivity contribution in [3.63, 3.8) is 0 Å². The standard InChI is InChI=1S/C15H17NO4S/c1-4-13-16-15(12(21-13)8-14(17)18)10-7-9(19-2)5-6-11(10)20-3/h5-7H,4,8H2,1-3H3,(H,17,18). The topological polar surface area (TPSA) is 68.7 Å². The molecule has 2 aromatic rings. The van der Waals surface area contributed by atoms with E-state index in [-0.39, 0.29) is 6.42 Å². The molecule has 21 heavy (non-hydrogen) atoms. The van der Waals surface area contributed by atoms with Gasteiger partial charge in [0.05, 0.1) is 31.3 Å². The van der Waals surface area contributed by atoms with Crippen LogP contribution < -0.4 is 9.47 Å². The molecule has 0 aliphatic carbocycles. The highest BCUT2D eigenvalue weighted by Gasteiger charge is 2.18. The van der Waals surface area contributed by atoms with Crippen molar-refractivity contribution >= 4 is 17.3 Å². The summed E-state index contributed by atoms with van der Waals surface area (Å²) in [7, 11) is 3.16. The van der Waals surface area contributed by atoms with Gasteiger partial charge in [0.2, 0.25) is 0 Å². The average molecular weight is 307 g/mol. The van der Waals surface area contributed by atoms with Crippen LogP contribution in [0.3, 0.4) is 0 Å². The molecule has 5 nitrogen and oxygen atoms in total.